The summed E-state index contributed by atoms with van der Waals surface area (Å²) < 4.78 is 24.5. The van der Waals surface area contributed by atoms with E-state index in [1.807, 2.05) is 38.2 Å². The van der Waals surface area contributed by atoms with Crippen LogP contribution in [0.4, 0.5) is 15.0 Å². The van der Waals surface area contributed by atoms with Crippen LogP contribution in [-0.2, 0) is 18.4 Å². The summed E-state index contributed by atoms with van der Waals surface area (Å²) in [6.07, 6.45) is 4.20. The summed E-state index contributed by atoms with van der Waals surface area (Å²) in [4.78, 5) is 32.2. The first-order valence-corrected chi connectivity index (χ1v) is 16.0. The highest BCUT2D eigenvalue weighted by Gasteiger charge is 2.29. The molecule has 5 aromatic rings. The van der Waals surface area contributed by atoms with Crippen molar-refractivity contribution in [3.05, 3.63) is 71.7 Å². The maximum absolute atomic E-state index is 15.2. The van der Waals surface area contributed by atoms with Gasteiger partial charge in [0.15, 0.2) is 5.82 Å². The Labute approximate surface area is 271 Å². The van der Waals surface area contributed by atoms with E-state index in [0.717, 1.165) is 64.7 Å². The van der Waals surface area contributed by atoms with Crippen LogP contribution in [0.1, 0.15) is 41.9 Å². The third-order valence-electron chi connectivity index (χ3n) is 9.33. The Bertz CT molecular complexity index is 1960. The van der Waals surface area contributed by atoms with Crippen LogP contribution in [0.3, 0.4) is 0 Å². The number of aromatic nitrogens is 5. The van der Waals surface area contributed by atoms with Gasteiger partial charge in [0, 0.05) is 50.1 Å². The number of alkyl halides is 1. The Hall–Kier alpha value is -4.88. The highest BCUT2D eigenvalue weighted by molar-refractivity contribution is 6.08. The van der Waals surface area contributed by atoms with Crippen LogP contribution in [0.2, 0.25) is 0 Å². The standard InChI is InChI=1S/C34H38FN9O3/c1-21-13-24(3-4-25(21)16-36)32-30-15-27(18-44(30)38-20-37-32)47-19-26(35)17-42-10-7-22(8-11-42)23-5-6-28-29(14-23)41(2)40-33(28)43-12-9-31(45)39-34(43)46/h3-6,13-15,18,20,22,26H,7-12,16-17,19,36H2,1-2H3,(H,39,45,46). The van der Waals surface area contributed by atoms with Crippen molar-refractivity contribution >= 4 is 34.2 Å². The molecule has 0 aliphatic carbocycles. The first-order valence-electron chi connectivity index (χ1n) is 16.0. The van der Waals surface area contributed by atoms with Crippen molar-refractivity contribution in [3.8, 4) is 17.0 Å². The van der Waals surface area contributed by atoms with Gasteiger partial charge in [-0.2, -0.15) is 10.2 Å². The molecular formula is C34H38FN9O3. The van der Waals surface area contributed by atoms with Gasteiger partial charge in [-0.25, -0.2) is 18.7 Å². The third-order valence-corrected chi connectivity index (χ3v) is 9.33. The van der Waals surface area contributed by atoms with Crippen molar-refractivity contribution in [3.63, 3.8) is 0 Å². The molecule has 2 saturated heterocycles. The summed E-state index contributed by atoms with van der Waals surface area (Å²) in [6, 6.07) is 13.7. The number of ether oxygens (including phenoxy) is 1. The van der Waals surface area contributed by atoms with E-state index in [9.17, 15) is 9.59 Å². The van der Waals surface area contributed by atoms with E-state index in [1.165, 1.54) is 16.8 Å². The molecule has 0 bridgehead atoms. The monoisotopic (exact) mass is 639 g/mol. The lowest BCUT2D eigenvalue weighted by Gasteiger charge is -2.33. The molecule has 1 atom stereocenters. The fraction of sp³-hybridized carbons (Fsp3) is 0.382. The molecular weight excluding hydrogens is 601 g/mol. The van der Waals surface area contributed by atoms with Crippen molar-refractivity contribution in [2.45, 2.75) is 44.8 Å². The number of amides is 3. The van der Waals surface area contributed by atoms with Crippen molar-refractivity contribution in [1.82, 2.24) is 34.6 Å². The van der Waals surface area contributed by atoms with E-state index in [-0.39, 0.29) is 18.9 Å². The van der Waals surface area contributed by atoms with Gasteiger partial charge in [0.25, 0.3) is 0 Å². The van der Waals surface area contributed by atoms with Crippen LogP contribution in [0.25, 0.3) is 27.7 Å². The zero-order chi connectivity index (χ0) is 32.7. The molecule has 0 saturated carbocycles. The van der Waals surface area contributed by atoms with E-state index in [0.29, 0.717) is 37.1 Å². The molecule has 3 N–H and O–H groups in total. The normalized spacial score (nSPS) is 17.1. The number of anilines is 1. The second-order valence-electron chi connectivity index (χ2n) is 12.4. The number of nitrogens with one attached hydrogen (secondary N) is 1. The minimum Gasteiger partial charge on any atom is -0.489 e. The van der Waals surface area contributed by atoms with Crippen LogP contribution in [0.15, 0.2) is 55.0 Å². The fourth-order valence-electron chi connectivity index (χ4n) is 6.72. The molecule has 3 amide bonds. The summed E-state index contributed by atoms with van der Waals surface area (Å²) >= 11 is 0. The van der Waals surface area contributed by atoms with Crippen molar-refractivity contribution < 1.29 is 18.7 Å². The van der Waals surface area contributed by atoms with Crippen molar-refractivity contribution in [2.24, 2.45) is 12.8 Å². The minimum absolute atomic E-state index is 0.0490. The highest BCUT2D eigenvalue weighted by atomic mass is 19.1. The number of rotatable bonds is 9. The number of fused-ring (bicyclic) bond motifs is 2. The Morgan fingerprint density at radius 2 is 1.91 bits per heavy atom. The van der Waals surface area contributed by atoms with Gasteiger partial charge in [-0.1, -0.05) is 18.2 Å². The smallest absolute Gasteiger partial charge is 0.329 e. The van der Waals surface area contributed by atoms with Crippen molar-refractivity contribution in [1.29, 1.82) is 0 Å². The Kier molecular flexibility index (Phi) is 8.33. The van der Waals surface area contributed by atoms with Gasteiger partial charge in [-0.15, -0.1) is 0 Å². The summed E-state index contributed by atoms with van der Waals surface area (Å²) in [5.41, 5.74) is 12.7. The predicted octanol–water partition coefficient (Wildman–Crippen LogP) is 4.09. The van der Waals surface area contributed by atoms with Crippen LogP contribution in [-0.4, -0.2) is 80.2 Å². The number of urea groups is 1. The fourth-order valence-corrected chi connectivity index (χ4v) is 6.72. The van der Waals surface area contributed by atoms with Gasteiger partial charge in [-0.3, -0.25) is 19.7 Å². The quantitative estimate of drug-likeness (QED) is 0.246. The highest BCUT2D eigenvalue weighted by Crippen LogP contribution is 2.34. The number of likely N-dealkylation sites (tertiary alicyclic amines) is 1. The number of imide groups is 1. The average molecular weight is 640 g/mol. The largest absolute Gasteiger partial charge is 0.489 e. The number of halogens is 1. The van der Waals surface area contributed by atoms with Gasteiger partial charge >= 0.3 is 6.03 Å². The first kappa shape index (κ1) is 30.8. The van der Waals surface area contributed by atoms with Gasteiger partial charge < -0.3 is 15.4 Å². The summed E-state index contributed by atoms with van der Waals surface area (Å²) in [7, 11) is 1.86. The Morgan fingerprint density at radius 3 is 2.68 bits per heavy atom. The number of carbonyl (C=O) groups excluding carboxylic acids is 2. The molecule has 244 valence electrons. The van der Waals surface area contributed by atoms with Gasteiger partial charge in [-0.05, 0) is 73.7 Å². The molecule has 47 heavy (non-hydrogen) atoms. The minimum atomic E-state index is -1.14. The second-order valence-corrected chi connectivity index (χ2v) is 12.4. The average Bonchev–Trinajstić information content (AvgIpc) is 3.64. The van der Waals surface area contributed by atoms with E-state index in [1.54, 1.807) is 15.4 Å². The van der Waals surface area contributed by atoms with E-state index < -0.39 is 12.2 Å². The lowest BCUT2D eigenvalue weighted by atomic mass is 9.89. The van der Waals surface area contributed by atoms with Crippen LogP contribution >= 0.6 is 0 Å². The summed E-state index contributed by atoms with van der Waals surface area (Å²) in [6.45, 7) is 4.66. The Balaban J connectivity index is 0.943. The van der Waals surface area contributed by atoms with Gasteiger partial charge in [0.1, 0.15) is 24.9 Å². The molecule has 12 nitrogen and oxygen atoms in total. The molecule has 1 unspecified atom stereocenters. The number of hydrogen-bond donors (Lipinski definition) is 2. The second kappa shape index (κ2) is 12.7. The van der Waals surface area contributed by atoms with E-state index in [2.05, 4.69) is 43.6 Å². The molecule has 3 aromatic heterocycles. The summed E-state index contributed by atoms with van der Waals surface area (Å²) in [5.74, 6) is 1.18. The van der Waals surface area contributed by atoms with Crippen LogP contribution < -0.4 is 20.7 Å². The SMILES string of the molecule is Cc1cc(-c2ncnn3cc(OCC(F)CN4CCC(c5ccc6c(N7CCC(=O)NC7=O)nn(C)c6c5)CC4)cc23)ccc1CN. The summed E-state index contributed by atoms with van der Waals surface area (Å²) in [5, 5.41) is 12.1. The molecule has 2 fully saturated rings. The molecule has 7 rings (SSSR count). The molecule has 13 heteroatoms. The van der Waals surface area contributed by atoms with Gasteiger partial charge in [0.2, 0.25) is 5.91 Å². The van der Waals surface area contributed by atoms with E-state index in [4.69, 9.17) is 10.5 Å². The number of benzene rings is 2. The number of aryl methyl sites for hydroxylation is 2. The maximum atomic E-state index is 15.2. The molecule has 2 aliphatic rings. The number of nitrogens with zero attached hydrogens (tertiary/aromatic N) is 7. The van der Waals surface area contributed by atoms with Crippen molar-refractivity contribution in [2.75, 3.05) is 37.7 Å². The topological polar surface area (TPSA) is 136 Å². The molecule has 5 heterocycles. The molecule has 2 aromatic carbocycles. The van der Waals surface area contributed by atoms with Crippen LogP contribution in [0, 0.1) is 6.92 Å². The maximum Gasteiger partial charge on any atom is 0.329 e. The predicted molar refractivity (Wildman–Crippen MR) is 176 cm³/mol. The molecule has 0 radical (unpaired) electrons. The van der Waals surface area contributed by atoms with Crippen LogP contribution in [0.5, 0.6) is 5.75 Å². The first-order chi connectivity index (χ1) is 22.8. The molecule has 0 spiro atoms. The van der Waals surface area contributed by atoms with E-state index >= 15 is 4.39 Å². The lowest BCUT2D eigenvalue weighted by molar-refractivity contribution is -0.120. The number of hydrogen-bond acceptors (Lipinski definition) is 8. The van der Waals surface area contributed by atoms with Gasteiger partial charge in [0.05, 0.1) is 22.9 Å². The Morgan fingerprint density at radius 1 is 1.09 bits per heavy atom. The lowest BCUT2D eigenvalue weighted by Crippen LogP contribution is -2.49. The number of carbonyl (C=O) groups is 2. The molecule has 2 aliphatic heterocycles. The number of piperidine rings is 1. The number of nitrogens with two attached hydrogens (primary N) is 1. The third kappa shape index (κ3) is 6.15. The zero-order valence-electron chi connectivity index (χ0n) is 26.5. The zero-order valence-corrected chi connectivity index (χ0v) is 26.5.